The summed E-state index contributed by atoms with van der Waals surface area (Å²) < 4.78 is 0. The first-order valence-corrected chi connectivity index (χ1v) is 6.99. The summed E-state index contributed by atoms with van der Waals surface area (Å²) in [5.41, 5.74) is 1.58. The van der Waals surface area contributed by atoms with Gasteiger partial charge in [-0.15, -0.1) is 0 Å². The van der Waals surface area contributed by atoms with Crippen LogP contribution in [0.15, 0.2) is 36.4 Å². The maximum Gasteiger partial charge on any atom is 0.253 e. The molecule has 1 saturated heterocycles. The van der Waals surface area contributed by atoms with Crippen molar-refractivity contribution >= 4 is 23.6 Å². The van der Waals surface area contributed by atoms with E-state index in [4.69, 9.17) is 0 Å². The maximum atomic E-state index is 11.6. The molecule has 112 valence electrons. The zero-order chi connectivity index (χ0) is 15.7. The molecule has 6 nitrogen and oxygen atoms in total. The third-order valence-electron chi connectivity index (χ3n) is 3.73. The highest BCUT2D eigenvalue weighted by molar-refractivity contribution is 6.12. The highest BCUT2D eigenvalue weighted by atomic mass is 16.2. The number of likely N-dealkylation sites (tertiary alicyclic amines) is 1. The van der Waals surface area contributed by atoms with Crippen molar-refractivity contribution in [3.63, 3.8) is 0 Å². The van der Waals surface area contributed by atoms with E-state index in [0.717, 1.165) is 16.0 Å². The van der Waals surface area contributed by atoms with Crippen LogP contribution in [0, 0.1) is 0 Å². The minimum atomic E-state index is -0.333. The second kappa shape index (κ2) is 5.55. The van der Waals surface area contributed by atoms with Crippen LogP contribution >= 0.6 is 0 Å². The van der Waals surface area contributed by atoms with Gasteiger partial charge in [0.05, 0.1) is 13.1 Å². The summed E-state index contributed by atoms with van der Waals surface area (Å²) in [7, 11) is 0. The number of hydrogen-bond acceptors (Lipinski definition) is 4. The van der Waals surface area contributed by atoms with E-state index in [1.54, 1.807) is 18.2 Å². The molecule has 1 fully saturated rings. The summed E-state index contributed by atoms with van der Waals surface area (Å²) >= 11 is 0. The number of carbonyl (C=O) groups excluding carboxylic acids is 4. The Morgan fingerprint density at radius 1 is 0.773 bits per heavy atom. The number of benzene rings is 1. The van der Waals surface area contributed by atoms with Crippen molar-refractivity contribution in [1.29, 1.82) is 0 Å². The highest BCUT2D eigenvalue weighted by Gasteiger charge is 2.29. The Labute approximate surface area is 127 Å². The topological polar surface area (TPSA) is 74.8 Å². The fourth-order valence-corrected chi connectivity index (χ4v) is 2.58. The Bertz CT molecular complexity index is 655. The fraction of sp³-hybridized carbons (Fsp3) is 0.250. The highest BCUT2D eigenvalue weighted by Crippen LogP contribution is 2.18. The van der Waals surface area contributed by atoms with Gasteiger partial charge in [0.15, 0.2) is 0 Å². The van der Waals surface area contributed by atoms with Crippen LogP contribution in [0.3, 0.4) is 0 Å². The molecule has 0 bridgehead atoms. The number of rotatable bonds is 4. The molecule has 0 saturated carbocycles. The molecule has 0 aromatic heterocycles. The van der Waals surface area contributed by atoms with Crippen molar-refractivity contribution in [1.82, 2.24) is 9.80 Å². The first kappa shape index (κ1) is 14.2. The van der Waals surface area contributed by atoms with Crippen LogP contribution in [0.4, 0.5) is 0 Å². The molecule has 1 aromatic carbocycles. The van der Waals surface area contributed by atoms with Gasteiger partial charge in [0.25, 0.3) is 11.8 Å². The minimum absolute atomic E-state index is 0.162. The molecule has 6 heteroatoms. The molecule has 3 rings (SSSR count). The van der Waals surface area contributed by atoms with Gasteiger partial charge in [0.2, 0.25) is 11.8 Å². The van der Waals surface area contributed by atoms with E-state index in [1.807, 2.05) is 6.07 Å². The standard InChI is InChI=1S/C16H14N2O4/c19-13-4-5-14(20)17(13)9-11-2-1-3-12(8-11)10-18-15(21)6-7-16(18)22/h1-5,8H,6-7,9-10H2. The molecule has 0 N–H and O–H groups in total. The van der Waals surface area contributed by atoms with Crippen LogP contribution in [0.25, 0.3) is 0 Å². The molecular formula is C16H14N2O4. The van der Waals surface area contributed by atoms with Crippen molar-refractivity contribution in [3.05, 3.63) is 47.5 Å². The number of carbonyl (C=O) groups is 4. The van der Waals surface area contributed by atoms with Crippen molar-refractivity contribution in [2.75, 3.05) is 0 Å². The molecule has 1 aromatic rings. The summed E-state index contributed by atoms with van der Waals surface area (Å²) in [5, 5.41) is 0. The molecule has 0 spiro atoms. The summed E-state index contributed by atoms with van der Waals surface area (Å²) in [4.78, 5) is 48.8. The van der Waals surface area contributed by atoms with E-state index in [2.05, 4.69) is 0 Å². The van der Waals surface area contributed by atoms with E-state index in [-0.39, 0.29) is 49.6 Å². The van der Waals surface area contributed by atoms with Crippen molar-refractivity contribution < 1.29 is 19.2 Å². The first-order chi connectivity index (χ1) is 10.5. The van der Waals surface area contributed by atoms with Gasteiger partial charge < -0.3 is 0 Å². The number of nitrogens with zero attached hydrogens (tertiary/aromatic N) is 2. The van der Waals surface area contributed by atoms with Crippen LogP contribution in [0.2, 0.25) is 0 Å². The number of hydrogen-bond donors (Lipinski definition) is 0. The summed E-state index contributed by atoms with van der Waals surface area (Å²) in [6.07, 6.45) is 3.02. The lowest BCUT2D eigenvalue weighted by Gasteiger charge is -2.16. The van der Waals surface area contributed by atoms with E-state index in [0.29, 0.717) is 0 Å². The third-order valence-corrected chi connectivity index (χ3v) is 3.73. The zero-order valence-corrected chi connectivity index (χ0v) is 11.8. The first-order valence-electron chi connectivity index (χ1n) is 6.99. The summed E-state index contributed by atoms with van der Waals surface area (Å²) in [6.45, 7) is 0.409. The minimum Gasteiger partial charge on any atom is -0.278 e. The predicted molar refractivity (Wildman–Crippen MR) is 75.9 cm³/mol. The quantitative estimate of drug-likeness (QED) is 0.769. The van der Waals surface area contributed by atoms with Gasteiger partial charge in [0.1, 0.15) is 0 Å². The van der Waals surface area contributed by atoms with Gasteiger partial charge in [-0.25, -0.2) is 0 Å². The Hall–Kier alpha value is -2.76. The van der Waals surface area contributed by atoms with E-state index < -0.39 is 0 Å². The predicted octanol–water partition coefficient (Wildman–Crippen LogP) is 0.761. The molecular weight excluding hydrogens is 284 g/mol. The molecule has 0 radical (unpaired) electrons. The van der Waals surface area contributed by atoms with Crippen molar-refractivity contribution in [2.24, 2.45) is 0 Å². The monoisotopic (exact) mass is 298 g/mol. The molecule has 2 aliphatic rings. The smallest absolute Gasteiger partial charge is 0.253 e. The lowest BCUT2D eigenvalue weighted by atomic mass is 10.1. The molecule has 22 heavy (non-hydrogen) atoms. The fourth-order valence-electron chi connectivity index (χ4n) is 2.58. The van der Waals surface area contributed by atoms with Crippen LogP contribution < -0.4 is 0 Å². The van der Waals surface area contributed by atoms with E-state index in [9.17, 15) is 19.2 Å². The lowest BCUT2D eigenvalue weighted by molar-refractivity contribution is -0.139. The normalized spacial score (nSPS) is 18.0. The average molecular weight is 298 g/mol. The lowest BCUT2D eigenvalue weighted by Crippen LogP contribution is -2.30. The third kappa shape index (κ3) is 2.67. The van der Waals surface area contributed by atoms with E-state index in [1.165, 1.54) is 17.1 Å². The second-order valence-electron chi connectivity index (χ2n) is 5.29. The van der Waals surface area contributed by atoms with E-state index >= 15 is 0 Å². The van der Waals surface area contributed by atoms with Crippen molar-refractivity contribution in [3.8, 4) is 0 Å². The van der Waals surface area contributed by atoms with Crippen LogP contribution in [0.1, 0.15) is 24.0 Å². The maximum absolute atomic E-state index is 11.6. The molecule has 0 unspecified atom stereocenters. The second-order valence-corrected chi connectivity index (χ2v) is 5.29. The molecule has 2 aliphatic heterocycles. The van der Waals surface area contributed by atoms with Gasteiger partial charge in [-0.3, -0.25) is 29.0 Å². The largest absolute Gasteiger partial charge is 0.278 e. The van der Waals surface area contributed by atoms with Gasteiger partial charge in [-0.1, -0.05) is 24.3 Å². The average Bonchev–Trinajstić information content (AvgIpc) is 2.98. The summed E-state index contributed by atoms with van der Waals surface area (Å²) in [6, 6.07) is 7.20. The molecule has 0 atom stereocenters. The van der Waals surface area contributed by atoms with Gasteiger partial charge in [0, 0.05) is 25.0 Å². The Morgan fingerprint density at radius 3 is 1.82 bits per heavy atom. The van der Waals surface area contributed by atoms with Crippen LogP contribution in [-0.2, 0) is 32.3 Å². The molecule has 2 heterocycles. The molecule has 0 aliphatic carbocycles. The SMILES string of the molecule is O=C1C=CC(=O)N1Cc1cccc(CN2C(=O)CCC2=O)c1. The summed E-state index contributed by atoms with van der Waals surface area (Å²) in [5.74, 6) is -0.991. The van der Waals surface area contributed by atoms with Crippen LogP contribution in [0.5, 0.6) is 0 Å². The number of amides is 4. The Kier molecular flexibility index (Phi) is 3.58. The van der Waals surface area contributed by atoms with Crippen molar-refractivity contribution in [2.45, 2.75) is 25.9 Å². The van der Waals surface area contributed by atoms with Crippen LogP contribution in [-0.4, -0.2) is 33.4 Å². The Morgan fingerprint density at radius 2 is 1.27 bits per heavy atom. The van der Waals surface area contributed by atoms with Gasteiger partial charge >= 0.3 is 0 Å². The zero-order valence-electron chi connectivity index (χ0n) is 11.8. The Balaban J connectivity index is 1.73. The van der Waals surface area contributed by atoms with Gasteiger partial charge in [-0.2, -0.15) is 0 Å². The molecule has 4 amide bonds. The van der Waals surface area contributed by atoms with Gasteiger partial charge in [-0.05, 0) is 11.1 Å². The number of imide groups is 2.